The molecule has 1 atom stereocenters. The fourth-order valence-electron chi connectivity index (χ4n) is 7.54. The molecule has 1 aliphatic carbocycles. The molecule has 0 saturated heterocycles. The second-order valence-electron chi connectivity index (χ2n) is 14.2. The highest BCUT2D eigenvalue weighted by Gasteiger charge is 2.43. The molecule has 0 saturated carbocycles. The number of likely N-dealkylation sites (N-methyl/N-ethyl adjacent to an activating group) is 1. The highest BCUT2D eigenvalue weighted by molar-refractivity contribution is 6.04. The van der Waals surface area contributed by atoms with E-state index >= 15 is 0 Å². The lowest BCUT2D eigenvalue weighted by Crippen LogP contribution is -2.27. The molecule has 2 heterocycles. The van der Waals surface area contributed by atoms with Crippen molar-refractivity contribution in [2.75, 3.05) is 19.0 Å². The van der Waals surface area contributed by atoms with Gasteiger partial charge in [0.05, 0.1) is 16.5 Å². The number of hydrogen-bond acceptors (Lipinski definition) is 4. The van der Waals surface area contributed by atoms with Crippen molar-refractivity contribution >= 4 is 29.0 Å². The van der Waals surface area contributed by atoms with Gasteiger partial charge in [-0.1, -0.05) is 45.0 Å². The molecular weight excluding hydrogens is 600 g/mol. The van der Waals surface area contributed by atoms with Crippen molar-refractivity contribution in [2.45, 2.75) is 58.3 Å². The van der Waals surface area contributed by atoms with Crippen LogP contribution in [0, 0.1) is 5.92 Å². The van der Waals surface area contributed by atoms with E-state index in [1.54, 1.807) is 24.3 Å². The molecule has 0 aromatic heterocycles. The largest absolute Gasteiger partial charge is 0.478 e. The van der Waals surface area contributed by atoms with Crippen LogP contribution in [0.1, 0.15) is 79.3 Å². The van der Waals surface area contributed by atoms with Crippen molar-refractivity contribution in [3.63, 3.8) is 0 Å². The minimum absolute atomic E-state index is 0.285. The van der Waals surface area contributed by atoms with E-state index in [1.807, 2.05) is 56.6 Å². The molecule has 246 valence electrons. The molecule has 0 fully saturated rings. The van der Waals surface area contributed by atoms with Crippen LogP contribution in [0.5, 0.6) is 5.75 Å². The molecule has 48 heavy (non-hydrogen) atoms. The molecule has 3 aliphatic rings. The molecule has 2 aliphatic heterocycles. The Bertz CT molecular complexity index is 1990. The smallest absolute Gasteiger partial charge is 0.335 e. The Labute approximate surface area is 282 Å². The number of fused-ring (bicyclic) bond motifs is 2. The maximum Gasteiger partial charge on any atom is 0.335 e. The van der Waals surface area contributed by atoms with Gasteiger partial charge in [0.1, 0.15) is 18.6 Å². The van der Waals surface area contributed by atoms with Crippen LogP contribution >= 0.6 is 0 Å². The van der Waals surface area contributed by atoms with Crippen LogP contribution in [-0.4, -0.2) is 46.5 Å². The fourth-order valence-corrected chi connectivity index (χ4v) is 7.54. The molecule has 0 amide bonds. The molecule has 7 heteroatoms. The fraction of sp³-hybridized carbons (Fsp3) is 0.293. The van der Waals surface area contributed by atoms with Crippen molar-refractivity contribution in [1.29, 1.82) is 0 Å². The van der Waals surface area contributed by atoms with E-state index in [-0.39, 0.29) is 11.1 Å². The van der Waals surface area contributed by atoms with Gasteiger partial charge in [-0.25, -0.2) is 9.59 Å². The minimum Gasteiger partial charge on any atom is -0.478 e. The van der Waals surface area contributed by atoms with E-state index in [0.29, 0.717) is 5.92 Å². The number of carboxylic acids is 2. The van der Waals surface area contributed by atoms with E-state index in [4.69, 9.17) is 4.74 Å². The van der Waals surface area contributed by atoms with E-state index in [1.165, 1.54) is 0 Å². The normalized spacial score (nSPS) is 21.3. The first kappa shape index (κ1) is 32.8. The van der Waals surface area contributed by atoms with Crippen molar-refractivity contribution < 1.29 is 29.1 Å². The van der Waals surface area contributed by atoms with E-state index in [2.05, 4.69) is 68.4 Å². The van der Waals surface area contributed by atoms with E-state index in [9.17, 15) is 19.8 Å². The summed E-state index contributed by atoms with van der Waals surface area (Å²) >= 11 is 0. The standard InChI is InChI=1S/C41H42N2O5/c1-25-21-26(15-19-35-40(2,3)31-23-28(38(44)45)13-17-33(31)42(35)6)37(48-30-11-9-8-10-12-30)27(22-25)16-20-36-41(4,5)32-24-29(39(46)47)14-18-34(32)43(36)7/h8-20,23-25H,21-22H2,1-7H3,(H-,44,45,46,47)/p+1. The van der Waals surface area contributed by atoms with Gasteiger partial charge in [0.25, 0.3) is 0 Å². The molecule has 0 spiro atoms. The summed E-state index contributed by atoms with van der Waals surface area (Å²) in [7, 11) is 4.06. The number of carbonyl (C=O) groups is 2. The predicted molar refractivity (Wildman–Crippen MR) is 190 cm³/mol. The molecule has 1 unspecified atom stereocenters. The monoisotopic (exact) mass is 643 g/mol. The Morgan fingerprint density at radius 3 is 2.17 bits per heavy atom. The lowest BCUT2D eigenvalue weighted by atomic mass is 9.80. The first-order valence-corrected chi connectivity index (χ1v) is 16.4. The predicted octanol–water partition coefficient (Wildman–Crippen LogP) is 8.65. The van der Waals surface area contributed by atoms with Gasteiger partial charge in [-0.2, -0.15) is 4.58 Å². The minimum atomic E-state index is -0.931. The maximum atomic E-state index is 11.8. The SMILES string of the molecule is CC1CC(=CC=C2N(C)c3ccc(C(=O)O)cc3C2(C)C)C(Oc2ccccc2)=C(C=CC2=[N+](C)c3ccc(C(=O)O)cc3C2(C)C)C1. The van der Waals surface area contributed by atoms with Crippen LogP contribution in [-0.2, 0) is 10.8 Å². The second-order valence-corrected chi connectivity index (χ2v) is 14.2. The highest BCUT2D eigenvalue weighted by atomic mass is 16.5. The van der Waals surface area contributed by atoms with Crippen LogP contribution in [0.2, 0.25) is 0 Å². The molecule has 3 aromatic carbocycles. The van der Waals surface area contributed by atoms with Gasteiger partial charge < -0.3 is 19.8 Å². The Morgan fingerprint density at radius 1 is 0.854 bits per heavy atom. The second kappa shape index (κ2) is 12.1. The number of rotatable bonds is 7. The number of para-hydroxylation sites is 1. The van der Waals surface area contributed by atoms with Crippen LogP contribution in [0.4, 0.5) is 11.4 Å². The number of ether oxygens (including phenoxy) is 1. The molecule has 2 N–H and O–H groups in total. The quantitative estimate of drug-likeness (QED) is 0.251. The molecule has 3 aromatic rings. The molecule has 0 bridgehead atoms. The van der Waals surface area contributed by atoms with Crippen molar-refractivity contribution in [3.05, 3.63) is 136 Å². The van der Waals surface area contributed by atoms with Crippen molar-refractivity contribution in [3.8, 4) is 5.75 Å². The summed E-state index contributed by atoms with van der Waals surface area (Å²) in [6.07, 6.45) is 10.3. The summed E-state index contributed by atoms with van der Waals surface area (Å²) in [6.45, 7) is 10.8. The lowest BCUT2D eigenvalue weighted by Gasteiger charge is -2.27. The average Bonchev–Trinajstić information content (AvgIpc) is 3.36. The third-order valence-electron chi connectivity index (χ3n) is 10.1. The Hall–Kier alpha value is -5.17. The molecule has 0 radical (unpaired) electrons. The van der Waals surface area contributed by atoms with Gasteiger partial charge in [-0.05, 0) is 104 Å². The maximum absolute atomic E-state index is 11.8. The first-order chi connectivity index (χ1) is 22.7. The van der Waals surface area contributed by atoms with Gasteiger partial charge in [0, 0.05) is 41.6 Å². The van der Waals surface area contributed by atoms with Gasteiger partial charge in [-0.3, -0.25) is 0 Å². The highest BCUT2D eigenvalue weighted by Crippen LogP contribution is 2.48. The Balaban J connectivity index is 1.43. The number of hydrogen-bond donors (Lipinski definition) is 2. The molecular formula is C41H43N2O5+. The van der Waals surface area contributed by atoms with Crippen LogP contribution in [0.3, 0.4) is 0 Å². The summed E-state index contributed by atoms with van der Waals surface area (Å²) in [5.41, 5.74) is 8.09. The summed E-state index contributed by atoms with van der Waals surface area (Å²) < 4.78 is 8.84. The van der Waals surface area contributed by atoms with Crippen molar-refractivity contribution in [2.24, 2.45) is 5.92 Å². The van der Waals surface area contributed by atoms with Gasteiger partial charge in [0.15, 0.2) is 5.71 Å². The summed E-state index contributed by atoms with van der Waals surface area (Å²) in [4.78, 5) is 25.7. The summed E-state index contributed by atoms with van der Waals surface area (Å²) in [6, 6.07) is 20.5. The molecule has 6 rings (SSSR count). The van der Waals surface area contributed by atoms with Crippen molar-refractivity contribution in [1.82, 2.24) is 0 Å². The Morgan fingerprint density at radius 2 is 1.50 bits per heavy atom. The zero-order chi connectivity index (χ0) is 34.5. The summed E-state index contributed by atoms with van der Waals surface area (Å²) in [5, 5.41) is 19.3. The number of anilines is 1. The number of nitrogens with zero attached hydrogens (tertiary/aromatic N) is 2. The topological polar surface area (TPSA) is 90.1 Å². The number of carboxylic acid groups (broad SMARTS) is 2. The van der Waals surface area contributed by atoms with Crippen LogP contribution in [0.25, 0.3) is 0 Å². The summed E-state index contributed by atoms with van der Waals surface area (Å²) in [5.74, 6) is 0.107. The molecule has 7 nitrogen and oxygen atoms in total. The number of benzene rings is 3. The van der Waals surface area contributed by atoms with Gasteiger partial charge in [-0.15, -0.1) is 0 Å². The Kier molecular flexibility index (Phi) is 8.28. The lowest BCUT2D eigenvalue weighted by molar-refractivity contribution is -0.401. The van der Waals surface area contributed by atoms with Crippen LogP contribution in [0.15, 0.2) is 114 Å². The number of allylic oxidation sites excluding steroid dienone is 7. The zero-order valence-electron chi connectivity index (χ0n) is 28.7. The van der Waals surface area contributed by atoms with E-state index < -0.39 is 22.8 Å². The van der Waals surface area contributed by atoms with Crippen LogP contribution < -0.4 is 9.64 Å². The number of aromatic carboxylic acids is 2. The zero-order valence-corrected chi connectivity index (χ0v) is 28.7. The van der Waals surface area contributed by atoms with Gasteiger partial charge >= 0.3 is 11.9 Å². The van der Waals surface area contributed by atoms with E-state index in [0.717, 1.165) is 69.4 Å². The first-order valence-electron chi connectivity index (χ1n) is 16.4. The third-order valence-corrected chi connectivity index (χ3v) is 10.1. The third kappa shape index (κ3) is 5.68. The van der Waals surface area contributed by atoms with Gasteiger partial charge in [0.2, 0.25) is 5.69 Å². The average molecular weight is 644 g/mol.